The molecule has 0 fully saturated rings. The Morgan fingerprint density at radius 3 is 2.61 bits per heavy atom. The number of rotatable bonds is 6. The van der Waals surface area contributed by atoms with Gasteiger partial charge in [-0.3, -0.25) is 14.4 Å². The predicted molar refractivity (Wildman–Crippen MR) is 110 cm³/mol. The fourth-order valence-corrected chi connectivity index (χ4v) is 4.99. The lowest BCUT2D eigenvalue weighted by Gasteiger charge is -2.25. The summed E-state index contributed by atoms with van der Waals surface area (Å²) in [6.45, 7) is 2.50. The van der Waals surface area contributed by atoms with Crippen molar-refractivity contribution in [3.63, 3.8) is 0 Å². The molecule has 2 heterocycles. The van der Waals surface area contributed by atoms with Crippen LogP contribution in [0.25, 0.3) is 0 Å². The van der Waals surface area contributed by atoms with E-state index < -0.39 is 5.91 Å². The molecular formula is C19H21N3O4S2. The van der Waals surface area contributed by atoms with Gasteiger partial charge in [0.2, 0.25) is 11.8 Å². The molecule has 28 heavy (non-hydrogen) atoms. The van der Waals surface area contributed by atoms with Gasteiger partial charge in [-0.25, -0.2) is 0 Å². The zero-order valence-electron chi connectivity index (χ0n) is 15.6. The minimum atomic E-state index is -0.563. The normalized spacial score (nSPS) is 13.0. The Hall–Kier alpha value is -2.52. The number of methoxy groups -OCH3 is 1. The SMILES string of the molecule is COc1ccc(SCC(=O)Nc2sc3c(c2C(N)=O)CCN(C(C)=O)C3)cc1. The summed E-state index contributed by atoms with van der Waals surface area (Å²) in [5.41, 5.74) is 6.77. The Morgan fingerprint density at radius 1 is 1.29 bits per heavy atom. The Labute approximate surface area is 171 Å². The van der Waals surface area contributed by atoms with Crippen LogP contribution in [0.3, 0.4) is 0 Å². The van der Waals surface area contributed by atoms with Crippen LogP contribution in [0.1, 0.15) is 27.7 Å². The first-order valence-corrected chi connectivity index (χ1v) is 10.5. The van der Waals surface area contributed by atoms with E-state index in [2.05, 4.69) is 5.32 Å². The highest BCUT2D eigenvalue weighted by Crippen LogP contribution is 2.37. The summed E-state index contributed by atoms with van der Waals surface area (Å²) < 4.78 is 5.12. The number of benzene rings is 1. The molecule has 0 unspecified atom stereocenters. The summed E-state index contributed by atoms with van der Waals surface area (Å²) in [7, 11) is 1.60. The minimum Gasteiger partial charge on any atom is -0.497 e. The van der Waals surface area contributed by atoms with Gasteiger partial charge in [-0.15, -0.1) is 23.1 Å². The van der Waals surface area contributed by atoms with E-state index in [-0.39, 0.29) is 17.6 Å². The van der Waals surface area contributed by atoms with E-state index in [1.807, 2.05) is 24.3 Å². The van der Waals surface area contributed by atoms with Crippen molar-refractivity contribution >= 4 is 45.8 Å². The molecule has 0 radical (unpaired) electrons. The molecule has 7 nitrogen and oxygen atoms in total. The quantitative estimate of drug-likeness (QED) is 0.701. The van der Waals surface area contributed by atoms with Crippen molar-refractivity contribution in [2.24, 2.45) is 5.73 Å². The van der Waals surface area contributed by atoms with Crippen molar-refractivity contribution < 1.29 is 19.1 Å². The van der Waals surface area contributed by atoms with Crippen LogP contribution in [0.4, 0.5) is 5.00 Å². The highest BCUT2D eigenvalue weighted by molar-refractivity contribution is 8.00. The molecule has 0 bridgehead atoms. The zero-order chi connectivity index (χ0) is 20.3. The number of amides is 3. The second-order valence-corrected chi connectivity index (χ2v) is 8.43. The van der Waals surface area contributed by atoms with Gasteiger partial charge in [0.05, 0.1) is 25.0 Å². The van der Waals surface area contributed by atoms with Crippen molar-refractivity contribution in [2.45, 2.75) is 24.8 Å². The molecule has 0 aliphatic carbocycles. The molecule has 9 heteroatoms. The van der Waals surface area contributed by atoms with Gasteiger partial charge in [-0.05, 0) is 36.2 Å². The van der Waals surface area contributed by atoms with Gasteiger partial charge in [-0.1, -0.05) is 0 Å². The van der Waals surface area contributed by atoms with Crippen LogP contribution in [0.15, 0.2) is 29.2 Å². The Bertz CT molecular complexity index is 909. The summed E-state index contributed by atoms with van der Waals surface area (Å²) in [5, 5.41) is 3.28. The number of thiophene rings is 1. The molecule has 1 aromatic heterocycles. The molecule has 148 valence electrons. The van der Waals surface area contributed by atoms with Crippen molar-refractivity contribution in [1.29, 1.82) is 0 Å². The Kier molecular flexibility index (Phi) is 6.25. The molecular weight excluding hydrogens is 398 g/mol. The molecule has 3 N–H and O–H groups in total. The standard InChI is InChI=1S/C19H21N3O4S2/c1-11(23)22-8-7-14-15(9-22)28-19(17(14)18(20)25)21-16(24)10-27-13-5-3-12(26-2)4-6-13/h3-6H,7-10H2,1-2H3,(H2,20,25)(H,21,24). The largest absolute Gasteiger partial charge is 0.497 e. The van der Waals surface area contributed by atoms with E-state index in [1.165, 1.54) is 30.0 Å². The van der Waals surface area contributed by atoms with Crippen LogP contribution in [0.2, 0.25) is 0 Å². The molecule has 0 atom stereocenters. The molecule has 0 saturated carbocycles. The smallest absolute Gasteiger partial charge is 0.251 e. The molecule has 3 rings (SSSR count). The van der Waals surface area contributed by atoms with Gasteiger partial charge in [0.1, 0.15) is 10.8 Å². The molecule has 1 aliphatic heterocycles. The third-order valence-electron chi connectivity index (χ3n) is 4.43. The van der Waals surface area contributed by atoms with Gasteiger partial charge in [0, 0.05) is 23.2 Å². The number of hydrogen-bond acceptors (Lipinski definition) is 6. The minimum absolute atomic E-state index is 0.0128. The number of fused-ring (bicyclic) bond motifs is 1. The van der Waals surface area contributed by atoms with Gasteiger partial charge < -0.3 is 20.7 Å². The maximum atomic E-state index is 12.4. The highest BCUT2D eigenvalue weighted by atomic mass is 32.2. The van der Waals surface area contributed by atoms with Gasteiger partial charge in [0.15, 0.2) is 0 Å². The lowest BCUT2D eigenvalue weighted by Crippen LogP contribution is -2.34. The number of carbonyl (C=O) groups is 3. The van der Waals surface area contributed by atoms with E-state index >= 15 is 0 Å². The number of ether oxygens (including phenoxy) is 1. The summed E-state index contributed by atoms with van der Waals surface area (Å²) >= 11 is 2.70. The van der Waals surface area contributed by atoms with Crippen LogP contribution >= 0.6 is 23.1 Å². The van der Waals surface area contributed by atoms with E-state index in [0.29, 0.717) is 30.1 Å². The second kappa shape index (κ2) is 8.66. The van der Waals surface area contributed by atoms with Crippen LogP contribution in [0, 0.1) is 0 Å². The number of anilines is 1. The first-order valence-electron chi connectivity index (χ1n) is 8.65. The Balaban J connectivity index is 1.70. The summed E-state index contributed by atoms with van der Waals surface area (Å²) in [6, 6.07) is 7.43. The lowest BCUT2D eigenvalue weighted by atomic mass is 10.0. The number of primary amides is 1. The number of nitrogens with zero attached hydrogens (tertiary/aromatic N) is 1. The number of carbonyl (C=O) groups excluding carboxylic acids is 3. The monoisotopic (exact) mass is 419 g/mol. The fourth-order valence-electron chi connectivity index (χ4n) is 3.00. The third kappa shape index (κ3) is 4.48. The first-order chi connectivity index (χ1) is 13.4. The van der Waals surface area contributed by atoms with Crippen molar-refractivity contribution in [3.8, 4) is 5.75 Å². The first kappa shape index (κ1) is 20.2. The van der Waals surface area contributed by atoms with Crippen LogP contribution < -0.4 is 15.8 Å². The molecule has 0 spiro atoms. The molecule has 1 aliphatic rings. The number of nitrogens with one attached hydrogen (secondary N) is 1. The topological polar surface area (TPSA) is 102 Å². The van der Waals surface area contributed by atoms with E-state index in [4.69, 9.17) is 10.5 Å². The van der Waals surface area contributed by atoms with Crippen molar-refractivity contribution in [3.05, 3.63) is 40.3 Å². The summed E-state index contributed by atoms with van der Waals surface area (Å²) in [6.07, 6.45) is 0.556. The fraction of sp³-hybridized carbons (Fsp3) is 0.316. The summed E-state index contributed by atoms with van der Waals surface area (Å²) in [4.78, 5) is 39.6. The molecule has 2 aromatic rings. The van der Waals surface area contributed by atoms with E-state index in [0.717, 1.165) is 21.1 Å². The van der Waals surface area contributed by atoms with Gasteiger partial charge in [-0.2, -0.15) is 0 Å². The maximum absolute atomic E-state index is 12.4. The zero-order valence-corrected chi connectivity index (χ0v) is 17.2. The average molecular weight is 420 g/mol. The lowest BCUT2D eigenvalue weighted by molar-refractivity contribution is -0.129. The number of hydrogen-bond donors (Lipinski definition) is 2. The maximum Gasteiger partial charge on any atom is 0.251 e. The average Bonchev–Trinajstić information content (AvgIpc) is 3.03. The van der Waals surface area contributed by atoms with Gasteiger partial charge in [0.25, 0.3) is 5.91 Å². The molecule has 0 saturated heterocycles. The molecule has 1 aromatic carbocycles. The van der Waals surface area contributed by atoms with Crippen molar-refractivity contribution in [1.82, 2.24) is 4.90 Å². The summed E-state index contributed by atoms with van der Waals surface area (Å²) in [5.74, 6) is 0.161. The Morgan fingerprint density at radius 2 is 2.00 bits per heavy atom. The van der Waals surface area contributed by atoms with Crippen molar-refractivity contribution in [2.75, 3.05) is 24.7 Å². The van der Waals surface area contributed by atoms with E-state index in [9.17, 15) is 14.4 Å². The van der Waals surface area contributed by atoms with Crippen LogP contribution in [-0.4, -0.2) is 42.0 Å². The highest BCUT2D eigenvalue weighted by Gasteiger charge is 2.28. The van der Waals surface area contributed by atoms with Gasteiger partial charge >= 0.3 is 0 Å². The second-order valence-electron chi connectivity index (χ2n) is 6.28. The van der Waals surface area contributed by atoms with E-state index in [1.54, 1.807) is 12.0 Å². The van der Waals surface area contributed by atoms with Crippen LogP contribution in [0.5, 0.6) is 5.75 Å². The van der Waals surface area contributed by atoms with Crippen LogP contribution in [-0.2, 0) is 22.6 Å². The number of nitrogens with two attached hydrogens (primary N) is 1. The number of thioether (sulfide) groups is 1. The predicted octanol–water partition coefficient (Wildman–Crippen LogP) is 2.49. The molecule has 3 amide bonds. The third-order valence-corrected chi connectivity index (χ3v) is 6.58.